The second kappa shape index (κ2) is 7.21. The Hall–Kier alpha value is -1.29. The average molecular weight is 271 g/mol. The van der Waals surface area contributed by atoms with Crippen molar-refractivity contribution in [3.8, 4) is 5.75 Å². The number of ether oxygens (including phenoxy) is 1. The number of carbonyl (C=O) groups is 1. The molecule has 0 N–H and O–H groups in total. The second-order valence-electron chi connectivity index (χ2n) is 3.70. The van der Waals surface area contributed by atoms with E-state index in [4.69, 9.17) is 16.3 Å². The Labute approximate surface area is 113 Å². The van der Waals surface area contributed by atoms with E-state index in [1.807, 2.05) is 13.8 Å². The van der Waals surface area contributed by atoms with E-state index < -0.39 is 0 Å². The Kier molecular flexibility index (Phi) is 5.92. The van der Waals surface area contributed by atoms with Gasteiger partial charge in [-0.1, -0.05) is 25.4 Å². The molecule has 0 bridgehead atoms. The van der Waals surface area contributed by atoms with E-state index >= 15 is 0 Å². The van der Waals surface area contributed by atoms with E-state index in [1.165, 1.54) is 0 Å². The number of methoxy groups -OCH3 is 1. The van der Waals surface area contributed by atoms with Gasteiger partial charge in [-0.25, -0.2) is 4.98 Å². The number of aromatic nitrogens is 1. The van der Waals surface area contributed by atoms with Crippen LogP contribution in [0.3, 0.4) is 0 Å². The first kappa shape index (κ1) is 14.8. The van der Waals surface area contributed by atoms with Crippen LogP contribution in [0.2, 0.25) is 5.15 Å². The zero-order valence-corrected chi connectivity index (χ0v) is 11.8. The van der Waals surface area contributed by atoms with Crippen molar-refractivity contribution in [3.05, 3.63) is 17.4 Å². The lowest BCUT2D eigenvalue weighted by Crippen LogP contribution is -2.34. The highest BCUT2D eigenvalue weighted by Crippen LogP contribution is 2.30. The maximum Gasteiger partial charge on any atom is 0.146 e. The van der Waals surface area contributed by atoms with Crippen molar-refractivity contribution in [2.24, 2.45) is 0 Å². The molecular weight excluding hydrogens is 252 g/mol. The van der Waals surface area contributed by atoms with Crippen LogP contribution in [0.1, 0.15) is 26.7 Å². The lowest BCUT2D eigenvalue weighted by atomic mass is 10.1. The van der Waals surface area contributed by atoms with Crippen molar-refractivity contribution >= 4 is 23.1 Å². The van der Waals surface area contributed by atoms with Gasteiger partial charge in [0.25, 0.3) is 0 Å². The molecule has 0 aromatic carbocycles. The van der Waals surface area contributed by atoms with Gasteiger partial charge in [-0.15, -0.1) is 0 Å². The van der Waals surface area contributed by atoms with E-state index in [2.05, 4.69) is 9.88 Å². The van der Waals surface area contributed by atoms with E-state index in [9.17, 15) is 4.79 Å². The summed E-state index contributed by atoms with van der Waals surface area (Å²) in [7, 11) is 1.60. The van der Waals surface area contributed by atoms with Gasteiger partial charge >= 0.3 is 0 Å². The molecule has 0 atom stereocenters. The first-order valence-electron chi connectivity index (χ1n) is 6.17. The van der Waals surface area contributed by atoms with E-state index in [0.717, 1.165) is 18.8 Å². The van der Waals surface area contributed by atoms with Crippen LogP contribution in [0.25, 0.3) is 0 Å². The maximum atomic E-state index is 11.2. The van der Waals surface area contributed by atoms with Crippen molar-refractivity contribution in [3.63, 3.8) is 0 Å². The Morgan fingerprint density at radius 3 is 2.50 bits per heavy atom. The number of rotatable bonds is 2. The topological polar surface area (TPSA) is 42.4 Å². The van der Waals surface area contributed by atoms with Crippen LogP contribution in [0.15, 0.2) is 12.3 Å². The number of carbonyl (C=O) groups excluding carboxylic acids is 1. The minimum atomic E-state index is 0.317. The molecule has 1 aliphatic rings. The summed E-state index contributed by atoms with van der Waals surface area (Å²) in [6, 6.07) is 1.69. The first-order valence-corrected chi connectivity index (χ1v) is 6.54. The van der Waals surface area contributed by atoms with Gasteiger partial charge in [-0.05, 0) is 0 Å². The quantitative estimate of drug-likeness (QED) is 0.775. The molecule has 1 aliphatic heterocycles. The predicted molar refractivity (Wildman–Crippen MR) is 73.6 cm³/mol. The van der Waals surface area contributed by atoms with E-state index in [0.29, 0.717) is 29.5 Å². The maximum absolute atomic E-state index is 11.2. The van der Waals surface area contributed by atoms with Crippen molar-refractivity contribution in [1.82, 2.24) is 4.98 Å². The van der Waals surface area contributed by atoms with Gasteiger partial charge in [0.15, 0.2) is 0 Å². The molecule has 0 radical (unpaired) electrons. The molecule has 4 nitrogen and oxygen atoms in total. The lowest BCUT2D eigenvalue weighted by Gasteiger charge is -2.28. The molecule has 0 unspecified atom stereocenters. The molecule has 100 valence electrons. The molecule has 1 saturated heterocycles. The highest BCUT2D eigenvalue weighted by molar-refractivity contribution is 6.29. The summed E-state index contributed by atoms with van der Waals surface area (Å²) in [6.45, 7) is 5.44. The van der Waals surface area contributed by atoms with Crippen molar-refractivity contribution < 1.29 is 9.53 Å². The van der Waals surface area contributed by atoms with Gasteiger partial charge < -0.3 is 9.64 Å². The van der Waals surface area contributed by atoms with Crippen LogP contribution in [-0.2, 0) is 4.79 Å². The highest BCUT2D eigenvalue weighted by Gasteiger charge is 2.19. The third-order valence-electron chi connectivity index (χ3n) is 2.69. The molecule has 1 aromatic rings. The van der Waals surface area contributed by atoms with Crippen LogP contribution in [0.4, 0.5) is 5.69 Å². The molecule has 1 aromatic heterocycles. The predicted octanol–water partition coefficient (Wildman–Crippen LogP) is 2.94. The number of pyridine rings is 1. The largest absolute Gasteiger partial charge is 0.494 e. The van der Waals surface area contributed by atoms with Crippen molar-refractivity contribution in [1.29, 1.82) is 0 Å². The Morgan fingerprint density at radius 2 is 1.94 bits per heavy atom. The average Bonchev–Trinajstić information content (AvgIpc) is 2.42. The Balaban J connectivity index is 0.000000771. The number of hydrogen-bond acceptors (Lipinski definition) is 4. The van der Waals surface area contributed by atoms with Gasteiger partial charge in [0, 0.05) is 32.0 Å². The SMILES string of the molecule is CC.COc1cc(Cl)ncc1N1CCC(=O)CC1. The molecule has 0 amide bonds. The fourth-order valence-electron chi connectivity index (χ4n) is 1.80. The molecule has 5 heteroatoms. The number of halogens is 1. The van der Waals surface area contributed by atoms with Gasteiger partial charge in [-0.2, -0.15) is 0 Å². The number of hydrogen-bond donors (Lipinski definition) is 0. The van der Waals surface area contributed by atoms with E-state index in [-0.39, 0.29) is 0 Å². The summed E-state index contributed by atoms with van der Waals surface area (Å²) in [6.07, 6.45) is 2.87. The number of Topliss-reactive ketones (excluding diaryl/α,β-unsaturated/α-hetero) is 1. The van der Waals surface area contributed by atoms with Crippen molar-refractivity contribution in [2.45, 2.75) is 26.7 Å². The molecular formula is C13H19ClN2O2. The van der Waals surface area contributed by atoms with Gasteiger partial charge in [-0.3, -0.25) is 4.79 Å². The molecule has 2 rings (SSSR count). The minimum absolute atomic E-state index is 0.317. The Bertz CT molecular complexity index is 400. The second-order valence-corrected chi connectivity index (χ2v) is 4.09. The van der Waals surface area contributed by atoms with Crippen molar-refractivity contribution in [2.75, 3.05) is 25.1 Å². The van der Waals surface area contributed by atoms with Crippen LogP contribution in [-0.4, -0.2) is 31.0 Å². The van der Waals surface area contributed by atoms with E-state index in [1.54, 1.807) is 19.4 Å². The normalized spacial score (nSPS) is 14.9. The Morgan fingerprint density at radius 1 is 1.33 bits per heavy atom. The summed E-state index contributed by atoms with van der Waals surface area (Å²) in [5.74, 6) is 1.02. The van der Waals surface area contributed by atoms with Gasteiger partial charge in [0.1, 0.15) is 16.7 Å². The fraction of sp³-hybridized carbons (Fsp3) is 0.538. The number of anilines is 1. The molecule has 18 heavy (non-hydrogen) atoms. The molecule has 0 spiro atoms. The summed E-state index contributed by atoms with van der Waals surface area (Å²) in [4.78, 5) is 17.3. The van der Waals surface area contributed by atoms with Crippen LogP contribution in [0, 0.1) is 0 Å². The molecule has 0 aliphatic carbocycles. The zero-order chi connectivity index (χ0) is 13.5. The third-order valence-corrected chi connectivity index (χ3v) is 2.90. The first-order chi connectivity index (χ1) is 8.70. The summed E-state index contributed by atoms with van der Waals surface area (Å²) >= 11 is 5.79. The zero-order valence-electron chi connectivity index (χ0n) is 11.1. The summed E-state index contributed by atoms with van der Waals surface area (Å²) in [5, 5.41) is 0.411. The highest BCUT2D eigenvalue weighted by atomic mass is 35.5. The molecule has 0 saturated carbocycles. The molecule has 2 heterocycles. The fourth-order valence-corrected chi connectivity index (χ4v) is 1.95. The van der Waals surface area contributed by atoms with Crippen LogP contribution in [0.5, 0.6) is 5.75 Å². The summed E-state index contributed by atoms with van der Waals surface area (Å²) < 4.78 is 5.26. The summed E-state index contributed by atoms with van der Waals surface area (Å²) in [5.41, 5.74) is 0.902. The van der Waals surface area contributed by atoms with Gasteiger partial charge in [0.05, 0.1) is 19.0 Å². The van der Waals surface area contributed by atoms with Crippen LogP contribution < -0.4 is 9.64 Å². The monoisotopic (exact) mass is 270 g/mol. The number of ketones is 1. The van der Waals surface area contributed by atoms with Crippen LogP contribution >= 0.6 is 11.6 Å². The lowest BCUT2D eigenvalue weighted by molar-refractivity contribution is -0.119. The number of piperidine rings is 1. The van der Waals surface area contributed by atoms with Gasteiger partial charge in [0.2, 0.25) is 0 Å². The standard InChI is InChI=1S/C11H13ClN2O2.C2H6/c1-16-10-6-11(12)13-7-9(10)14-4-2-8(15)3-5-14;1-2/h6-7H,2-5H2,1H3;1-2H3. The molecule has 1 fully saturated rings. The third kappa shape index (κ3) is 3.60. The number of nitrogens with zero attached hydrogens (tertiary/aromatic N) is 2. The smallest absolute Gasteiger partial charge is 0.146 e. The minimum Gasteiger partial charge on any atom is -0.494 e.